The Balaban J connectivity index is 1.78. The number of carbonyl (C=O) groups is 2. The summed E-state index contributed by atoms with van der Waals surface area (Å²) in [5.74, 6) is 1.30. The second-order valence-corrected chi connectivity index (χ2v) is 8.75. The fraction of sp³-hybridized carbons (Fsp3) is 0.364. The summed E-state index contributed by atoms with van der Waals surface area (Å²) in [4.78, 5) is 26.5. The number of benzene rings is 2. The predicted octanol–water partition coefficient (Wildman–Crippen LogP) is 4.85. The van der Waals surface area contributed by atoms with Gasteiger partial charge in [0.05, 0.1) is 12.4 Å². The van der Waals surface area contributed by atoms with Crippen molar-refractivity contribution in [2.45, 2.75) is 33.1 Å². The van der Waals surface area contributed by atoms with Gasteiger partial charge in [-0.1, -0.05) is 32.9 Å². The highest BCUT2D eigenvalue weighted by Crippen LogP contribution is 2.42. The number of anilines is 2. The quantitative estimate of drug-likeness (QED) is 0.782. The molecule has 5 nitrogen and oxygen atoms in total. The summed E-state index contributed by atoms with van der Waals surface area (Å²) in [6, 6.07) is 15.3. The number of amides is 2. The van der Waals surface area contributed by atoms with E-state index in [1.54, 1.807) is 11.8 Å². The summed E-state index contributed by atoms with van der Waals surface area (Å²) in [5, 5.41) is 2.84. The molecule has 28 heavy (non-hydrogen) atoms. The van der Waals surface area contributed by atoms with Crippen LogP contribution in [0.3, 0.4) is 0 Å². The normalized spacial score (nSPS) is 16.9. The van der Waals surface area contributed by atoms with Crippen LogP contribution in [0.4, 0.5) is 11.4 Å². The zero-order chi connectivity index (χ0) is 20.3. The van der Waals surface area contributed by atoms with Crippen LogP contribution in [-0.4, -0.2) is 24.2 Å². The molecular formula is C22H26N2O3S. The van der Waals surface area contributed by atoms with E-state index >= 15 is 0 Å². The summed E-state index contributed by atoms with van der Waals surface area (Å²) < 4.78 is 5.49. The van der Waals surface area contributed by atoms with Gasteiger partial charge in [0.1, 0.15) is 11.1 Å². The second-order valence-electron chi connectivity index (χ2n) is 7.68. The zero-order valence-corrected chi connectivity index (χ0v) is 17.5. The first-order valence-corrected chi connectivity index (χ1v) is 10.4. The lowest BCUT2D eigenvalue weighted by Crippen LogP contribution is -2.28. The van der Waals surface area contributed by atoms with Crippen molar-refractivity contribution in [3.63, 3.8) is 0 Å². The Labute approximate surface area is 170 Å². The van der Waals surface area contributed by atoms with Gasteiger partial charge in [0.2, 0.25) is 11.8 Å². The standard InChI is InChI=1S/C22H26N2O3S/c1-5-27-18-12-10-17(11-13-18)24-19(25)14-28-20(24)15-6-8-16(9-7-15)23-21(26)22(2,3)4/h6-13,20H,5,14H2,1-4H3,(H,23,26). The number of nitrogens with zero attached hydrogens (tertiary/aromatic N) is 1. The van der Waals surface area contributed by atoms with Gasteiger partial charge in [-0.05, 0) is 48.9 Å². The minimum absolute atomic E-state index is 0.0262. The van der Waals surface area contributed by atoms with E-state index in [1.807, 2.05) is 81.1 Å². The van der Waals surface area contributed by atoms with E-state index < -0.39 is 5.41 Å². The highest BCUT2D eigenvalue weighted by atomic mass is 32.2. The summed E-state index contributed by atoms with van der Waals surface area (Å²) in [5.41, 5.74) is 2.19. The lowest BCUT2D eigenvalue weighted by molar-refractivity contribution is -0.123. The number of rotatable bonds is 5. The summed E-state index contributed by atoms with van der Waals surface area (Å²) in [6.45, 7) is 8.20. The molecule has 1 unspecified atom stereocenters. The van der Waals surface area contributed by atoms with Gasteiger partial charge in [-0.2, -0.15) is 0 Å². The van der Waals surface area contributed by atoms with Gasteiger partial charge in [-0.15, -0.1) is 11.8 Å². The molecule has 0 bridgehead atoms. The number of hydrogen-bond acceptors (Lipinski definition) is 4. The van der Waals surface area contributed by atoms with E-state index in [-0.39, 0.29) is 17.2 Å². The Morgan fingerprint density at radius 2 is 1.79 bits per heavy atom. The molecule has 1 atom stereocenters. The van der Waals surface area contributed by atoms with Crippen LogP contribution in [0.5, 0.6) is 5.75 Å². The fourth-order valence-corrected chi connectivity index (χ4v) is 4.05. The van der Waals surface area contributed by atoms with Gasteiger partial charge in [-0.25, -0.2) is 0 Å². The molecule has 1 aliphatic rings. The summed E-state index contributed by atoms with van der Waals surface area (Å²) in [6.07, 6.45) is 0. The Bertz CT molecular complexity index is 842. The van der Waals surface area contributed by atoms with Crippen LogP contribution in [0, 0.1) is 5.41 Å². The average molecular weight is 399 g/mol. The molecule has 0 radical (unpaired) electrons. The van der Waals surface area contributed by atoms with Gasteiger partial charge in [-0.3, -0.25) is 14.5 Å². The first-order chi connectivity index (χ1) is 13.3. The van der Waals surface area contributed by atoms with E-state index in [2.05, 4.69) is 5.32 Å². The van der Waals surface area contributed by atoms with Crippen LogP contribution < -0.4 is 15.0 Å². The molecule has 1 fully saturated rings. The van der Waals surface area contributed by atoms with Crippen LogP contribution in [0.1, 0.15) is 38.6 Å². The van der Waals surface area contributed by atoms with E-state index in [0.29, 0.717) is 12.4 Å². The zero-order valence-electron chi connectivity index (χ0n) is 16.7. The number of carbonyl (C=O) groups excluding carboxylic acids is 2. The maximum Gasteiger partial charge on any atom is 0.238 e. The van der Waals surface area contributed by atoms with Crippen molar-refractivity contribution in [1.82, 2.24) is 0 Å². The molecule has 1 aliphatic heterocycles. The van der Waals surface area contributed by atoms with Gasteiger partial charge < -0.3 is 10.1 Å². The molecule has 0 aromatic heterocycles. The van der Waals surface area contributed by atoms with Crippen molar-refractivity contribution >= 4 is 35.0 Å². The van der Waals surface area contributed by atoms with Crippen LogP contribution in [0.25, 0.3) is 0 Å². The highest BCUT2D eigenvalue weighted by molar-refractivity contribution is 8.00. The molecule has 1 heterocycles. The van der Waals surface area contributed by atoms with Gasteiger partial charge >= 0.3 is 0 Å². The van der Waals surface area contributed by atoms with Crippen LogP contribution in [-0.2, 0) is 9.59 Å². The SMILES string of the molecule is CCOc1ccc(N2C(=O)CSC2c2ccc(NC(=O)C(C)(C)C)cc2)cc1. The molecule has 2 aromatic rings. The maximum absolute atomic E-state index is 12.5. The Morgan fingerprint density at radius 3 is 2.36 bits per heavy atom. The van der Waals surface area contributed by atoms with Crippen LogP contribution in [0.2, 0.25) is 0 Å². The minimum atomic E-state index is -0.448. The highest BCUT2D eigenvalue weighted by Gasteiger charge is 2.34. The van der Waals surface area contributed by atoms with Crippen molar-refractivity contribution < 1.29 is 14.3 Å². The van der Waals surface area contributed by atoms with Gasteiger partial charge in [0.15, 0.2) is 0 Å². The monoisotopic (exact) mass is 398 g/mol. The lowest BCUT2D eigenvalue weighted by atomic mass is 9.95. The Kier molecular flexibility index (Phi) is 5.98. The molecule has 1 N–H and O–H groups in total. The van der Waals surface area contributed by atoms with Crippen molar-refractivity contribution in [2.24, 2.45) is 5.41 Å². The smallest absolute Gasteiger partial charge is 0.238 e. The van der Waals surface area contributed by atoms with E-state index in [9.17, 15) is 9.59 Å². The topological polar surface area (TPSA) is 58.6 Å². The Morgan fingerprint density at radius 1 is 1.14 bits per heavy atom. The first kappa shape index (κ1) is 20.3. The van der Waals surface area contributed by atoms with Crippen LogP contribution in [0.15, 0.2) is 48.5 Å². The third-order valence-electron chi connectivity index (χ3n) is 4.43. The third kappa shape index (κ3) is 4.50. The molecule has 148 valence electrons. The van der Waals surface area contributed by atoms with Crippen molar-refractivity contribution in [1.29, 1.82) is 0 Å². The molecule has 0 saturated carbocycles. The largest absolute Gasteiger partial charge is 0.494 e. The molecule has 2 amide bonds. The second kappa shape index (κ2) is 8.27. The van der Waals surface area contributed by atoms with Crippen molar-refractivity contribution in [2.75, 3.05) is 22.6 Å². The van der Waals surface area contributed by atoms with Gasteiger partial charge in [0.25, 0.3) is 0 Å². The van der Waals surface area contributed by atoms with Crippen molar-refractivity contribution in [3.8, 4) is 5.75 Å². The van der Waals surface area contributed by atoms with Crippen LogP contribution >= 0.6 is 11.8 Å². The lowest BCUT2D eigenvalue weighted by Gasteiger charge is -2.25. The van der Waals surface area contributed by atoms with Crippen molar-refractivity contribution in [3.05, 3.63) is 54.1 Å². The molecule has 6 heteroatoms. The molecule has 0 spiro atoms. The minimum Gasteiger partial charge on any atom is -0.494 e. The van der Waals surface area contributed by atoms with E-state index in [4.69, 9.17) is 4.74 Å². The first-order valence-electron chi connectivity index (χ1n) is 9.37. The fourth-order valence-electron chi connectivity index (χ4n) is 2.87. The molecule has 0 aliphatic carbocycles. The average Bonchev–Trinajstić information content (AvgIpc) is 3.04. The molecular weight excluding hydrogens is 372 g/mol. The number of ether oxygens (including phenoxy) is 1. The predicted molar refractivity (Wildman–Crippen MR) is 115 cm³/mol. The van der Waals surface area contributed by atoms with E-state index in [0.717, 1.165) is 22.7 Å². The van der Waals surface area contributed by atoms with Gasteiger partial charge in [0, 0.05) is 16.8 Å². The molecule has 2 aromatic carbocycles. The third-order valence-corrected chi connectivity index (χ3v) is 5.64. The maximum atomic E-state index is 12.5. The molecule has 1 saturated heterocycles. The number of hydrogen-bond donors (Lipinski definition) is 1. The number of nitrogens with one attached hydrogen (secondary N) is 1. The Hall–Kier alpha value is -2.47. The van der Waals surface area contributed by atoms with E-state index in [1.165, 1.54) is 0 Å². The molecule has 3 rings (SSSR count). The summed E-state index contributed by atoms with van der Waals surface area (Å²) >= 11 is 1.60. The summed E-state index contributed by atoms with van der Waals surface area (Å²) in [7, 11) is 0. The number of thioether (sulfide) groups is 1.